The Morgan fingerprint density at radius 1 is 1.28 bits per heavy atom. The van der Waals surface area contributed by atoms with Gasteiger partial charge in [0.1, 0.15) is 0 Å². The van der Waals surface area contributed by atoms with Gasteiger partial charge in [-0.2, -0.15) is 0 Å². The molecule has 0 radical (unpaired) electrons. The Labute approximate surface area is 107 Å². The summed E-state index contributed by atoms with van der Waals surface area (Å²) in [7, 11) is 0. The number of hydrogen-bond acceptors (Lipinski definition) is 3. The van der Waals surface area contributed by atoms with Crippen LogP contribution in [0.1, 0.15) is 30.6 Å². The van der Waals surface area contributed by atoms with E-state index >= 15 is 0 Å². The summed E-state index contributed by atoms with van der Waals surface area (Å²) in [6.45, 7) is 4.66. The first-order valence-electron chi connectivity index (χ1n) is 5.99. The summed E-state index contributed by atoms with van der Waals surface area (Å²) in [5, 5.41) is 5.34. The number of nitrogens with one attached hydrogen (secondary N) is 2. The maximum atomic E-state index is 11.5. The molecule has 1 aromatic rings. The van der Waals surface area contributed by atoms with Crippen LogP contribution in [0.4, 0.5) is 10.5 Å². The first kappa shape index (κ1) is 14.0. The first-order valence-corrected chi connectivity index (χ1v) is 5.99. The van der Waals surface area contributed by atoms with E-state index in [0.717, 1.165) is 6.42 Å². The molecule has 2 N–H and O–H groups in total. The van der Waals surface area contributed by atoms with Gasteiger partial charge in [0, 0.05) is 12.2 Å². The molecule has 0 saturated heterocycles. The maximum Gasteiger partial charge on any atom is 0.338 e. The molecular formula is C13H18N2O3. The van der Waals surface area contributed by atoms with E-state index in [1.165, 1.54) is 0 Å². The largest absolute Gasteiger partial charge is 0.462 e. The van der Waals surface area contributed by atoms with Crippen molar-refractivity contribution >= 4 is 17.7 Å². The molecule has 0 bridgehead atoms. The lowest BCUT2D eigenvalue weighted by Gasteiger charge is -2.08. The number of hydrogen-bond donors (Lipinski definition) is 2. The van der Waals surface area contributed by atoms with Crippen LogP contribution in [0.15, 0.2) is 24.3 Å². The highest BCUT2D eigenvalue weighted by Gasteiger charge is 2.07. The van der Waals surface area contributed by atoms with Crippen molar-refractivity contribution in [1.82, 2.24) is 5.32 Å². The summed E-state index contributed by atoms with van der Waals surface area (Å²) in [4.78, 5) is 22.9. The Morgan fingerprint density at radius 3 is 2.72 bits per heavy atom. The van der Waals surface area contributed by atoms with Gasteiger partial charge in [-0.25, -0.2) is 9.59 Å². The van der Waals surface area contributed by atoms with Crippen molar-refractivity contribution in [3.05, 3.63) is 29.8 Å². The molecule has 5 nitrogen and oxygen atoms in total. The second kappa shape index (κ2) is 7.32. The third kappa shape index (κ3) is 4.45. The molecule has 0 saturated carbocycles. The zero-order valence-corrected chi connectivity index (χ0v) is 10.7. The van der Waals surface area contributed by atoms with Gasteiger partial charge in [-0.1, -0.05) is 13.0 Å². The van der Waals surface area contributed by atoms with E-state index in [4.69, 9.17) is 4.74 Å². The number of amides is 2. The van der Waals surface area contributed by atoms with E-state index in [0.29, 0.717) is 24.4 Å². The van der Waals surface area contributed by atoms with Gasteiger partial charge in [-0.15, -0.1) is 0 Å². The zero-order chi connectivity index (χ0) is 13.4. The van der Waals surface area contributed by atoms with Crippen LogP contribution in [0.2, 0.25) is 0 Å². The maximum absolute atomic E-state index is 11.5. The fourth-order valence-corrected chi connectivity index (χ4v) is 1.35. The second-order valence-electron chi connectivity index (χ2n) is 3.68. The molecule has 0 heterocycles. The van der Waals surface area contributed by atoms with Crippen LogP contribution in [0, 0.1) is 0 Å². The molecule has 5 heteroatoms. The number of esters is 1. The molecular weight excluding hydrogens is 232 g/mol. The van der Waals surface area contributed by atoms with Crippen molar-refractivity contribution < 1.29 is 14.3 Å². The molecule has 0 fully saturated rings. The molecule has 0 aromatic heterocycles. The molecule has 1 rings (SSSR count). The van der Waals surface area contributed by atoms with Gasteiger partial charge in [0.15, 0.2) is 0 Å². The quantitative estimate of drug-likeness (QED) is 0.788. The van der Waals surface area contributed by atoms with Gasteiger partial charge in [0.2, 0.25) is 0 Å². The summed E-state index contributed by atoms with van der Waals surface area (Å²) in [6, 6.07) is 6.37. The smallest absolute Gasteiger partial charge is 0.338 e. The van der Waals surface area contributed by atoms with Crippen LogP contribution in [-0.4, -0.2) is 25.2 Å². The van der Waals surface area contributed by atoms with E-state index in [1.54, 1.807) is 31.2 Å². The Kier molecular flexibility index (Phi) is 5.70. The van der Waals surface area contributed by atoms with E-state index in [1.807, 2.05) is 6.92 Å². The molecule has 0 aliphatic rings. The number of rotatable bonds is 5. The van der Waals surface area contributed by atoms with Crippen molar-refractivity contribution in [3.63, 3.8) is 0 Å². The predicted octanol–water partition coefficient (Wildman–Crippen LogP) is 2.39. The molecule has 0 spiro atoms. The number of anilines is 1. The molecule has 1 aromatic carbocycles. The normalized spacial score (nSPS) is 9.67. The third-order valence-corrected chi connectivity index (χ3v) is 2.17. The van der Waals surface area contributed by atoms with Gasteiger partial charge >= 0.3 is 12.0 Å². The number of carbonyl (C=O) groups is 2. The van der Waals surface area contributed by atoms with E-state index in [9.17, 15) is 9.59 Å². The van der Waals surface area contributed by atoms with Crippen LogP contribution in [0.3, 0.4) is 0 Å². The average Bonchev–Trinajstić information content (AvgIpc) is 2.37. The highest BCUT2D eigenvalue weighted by atomic mass is 16.5. The topological polar surface area (TPSA) is 67.4 Å². The molecule has 0 unspecified atom stereocenters. The van der Waals surface area contributed by atoms with Crippen LogP contribution < -0.4 is 10.6 Å². The molecule has 0 aliphatic heterocycles. The first-order chi connectivity index (χ1) is 8.67. The van der Waals surface area contributed by atoms with Gasteiger partial charge in [0.25, 0.3) is 0 Å². The SMILES string of the molecule is CCCNC(=O)Nc1cccc(C(=O)OCC)c1. The van der Waals surface area contributed by atoms with Crippen molar-refractivity contribution in [2.45, 2.75) is 20.3 Å². The molecule has 0 atom stereocenters. The molecule has 18 heavy (non-hydrogen) atoms. The Bertz CT molecular complexity index is 418. The fraction of sp³-hybridized carbons (Fsp3) is 0.385. The minimum Gasteiger partial charge on any atom is -0.462 e. The Balaban J connectivity index is 2.64. The van der Waals surface area contributed by atoms with E-state index in [2.05, 4.69) is 10.6 Å². The summed E-state index contributed by atoms with van der Waals surface area (Å²) < 4.78 is 4.89. The lowest BCUT2D eigenvalue weighted by atomic mass is 10.2. The second-order valence-corrected chi connectivity index (χ2v) is 3.68. The minimum absolute atomic E-state index is 0.280. The summed E-state index contributed by atoms with van der Waals surface area (Å²) in [5.41, 5.74) is 0.985. The van der Waals surface area contributed by atoms with Crippen LogP contribution in [-0.2, 0) is 4.74 Å². The molecule has 98 valence electrons. The Morgan fingerprint density at radius 2 is 2.06 bits per heavy atom. The predicted molar refractivity (Wildman–Crippen MR) is 69.7 cm³/mol. The number of benzene rings is 1. The van der Waals surface area contributed by atoms with Crippen LogP contribution in [0.25, 0.3) is 0 Å². The van der Waals surface area contributed by atoms with E-state index in [-0.39, 0.29) is 6.03 Å². The monoisotopic (exact) mass is 250 g/mol. The lowest BCUT2D eigenvalue weighted by Crippen LogP contribution is -2.29. The van der Waals surface area contributed by atoms with Crippen molar-refractivity contribution in [2.75, 3.05) is 18.5 Å². The Hall–Kier alpha value is -2.04. The van der Waals surface area contributed by atoms with Gasteiger partial charge < -0.3 is 15.4 Å². The average molecular weight is 250 g/mol. The summed E-state index contributed by atoms with van der Waals surface area (Å²) in [5.74, 6) is -0.393. The van der Waals surface area contributed by atoms with E-state index < -0.39 is 5.97 Å². The summed E-state index contributed by atoms with van der Waals surface area (Å²) in [6.07, 6.45) is 0.871. The van der Waals surface area contributed by atoms with Crippen LogP contribution in [0.5, 0.6) is 0 Å². The minimum atomic E-state index is -0.393. The highest BCUT2D eigenvalue weighted by Crippen LogP contribution is 2.11. The zero-order valence-electron chi connectivity index (χ0n) is 10.7. The van der Waals surface area contributed by atoms with Crippen molar-refractivity contribution in [3.8, 4) is 0 Å². The summed E-state index contributed by atoms with van der Waals surface area (Å²) >= 11 is 0. The van der Waals surface area contributed by atoms with Crippen molar-refractivity contribution in [1.29, 1.82) is 0 Å². The number of carbonyl (C=O) groups excluding carboxylic acids is 2. The standard InChI is InChI=1S/C13H18N2O3/c1-3-8-14-13(17)15-11-7-5-6-10(9-11)12(16)18-4-2/h5-7,9H,3-4,8H2,1-2H3,(H2,14,15,17). The van der Waals surface area contributed by atoms with Crippen LogP contribution >= 0.6 is 0 Å². The number of urea groups is 1. The number of ether oxygens (including phenoxy) is 1. The fourth-order valence-electron chi connectivity index (χ4n) is 1.35. The van der Waals surface area contributed by atoms with Gasteiger partial charge in [-0.3, -0.25) is 0 Å². The third-order valence-electron chi connectivity index (χ3n) is 2.17. The highest BCUT2D eigenvalue weighted by molar-refractivity contribution is 5.93. The lowest BCUT2D eigenvalue weighted by molar-refractivity contribution is 0.0526. The van der Waals surface area contributed by atoms with Crippen molar-refractivity contribution in [2.24, 2.45) is 0 Å². The van der Waals surface area contributed by atoms with Gasteiger partial charge in [0.05, 0.1) is 12.2 Å². The molecule has 2 amide bonds. The van der Waals surface area contributed by atoms with Gasteiger partial charge in [-0.05, 0) is 31.5 Å². The molecule has 0 aliphatic carbocycles.